The first-order chi connectivity index (χ1) is 4.79. The Kier molecular flexibility index (Phi) is 2.26. The molecule has 0 amide bonds. The number of allylic oxidation sites excluding steroid dienone is 2. The summed E-state index contributed by atoms with van der Waals surface area (Å²) in [5.74, 6) is -0.221. The van der Waals surface area contributed by atoms with Gasteiger partial charge in [0.25, 0.3) is 0 Å². The van der Waals surface area contributed by atoms with Gasteiger partial charge in [-0.15, -0.1) is 0 Å². The molecule has 0 radical (unpaired) electrons. The lowest BCUT2D eigenvalue weighted by atomic mass is 10.3. The highest BCUT2D eigenvalue weighted by molar-refractivity contribution is 5.66. The van der Waals surface area contributed by atoms with Crippen molar-refractivity contribution in [2.45, 2.75) is 13.3 Å². The van der Waals surface area contributed by atoms with Gasteiger partial charge in [-0.3, -0.25) is 4.79 Å². The standard InChI is InChI=1S/C8H10O2/c1-7(9)10-6-8-4-2-3-5-8/h2,4-5H,3,6H2,1H3. The monoisotopic (exact) mass is 138 g/mol. The van der Waals surface area contributed by atoms with Crippen LogP contribution in [0.1, 0.15) is 13.3 Å². The predicted molar refractivity (Wildman–Crippen MR) is 38.5 cm³/mol. The largest absolute Gasteiger partial charge is 0.461 e. The van der Waals surface area contributed by atoms with E-state index in [1.807, 2.05) is 18.2 Å². The average Bonchev–Trinajstić information content (AvgIpc) is 2.34. The van der Waals surface area contributed by atoms with Gasteiger partial charge in [-0.1, -0.05) is 18.2 Å². The molecule has 1 rings (SSSR count). The molecule has 54 valence electrons. The lowest BCUT2D eigenvalue weighted by Gasteiger charge is -1.98. The summed E-state index contributed by atoms with van der Waals surface area (Å²) in [7, 11) is 0. The number of esters is 1. The SMILES string of the molecule is CC(=O)OCC1=CCC=C1. The zero-order valence-corrected chi connectivity index (χ0v) is 5.96. The van der Waals surface area contributed by atoms with Crippen molar-refractivity contribution in [1.82, 2.24) is 0 Å². The van der Waals surface area contributed by atoms with E-state index in [9.17, 15) is 4.79 Å². The number of hydrogen-bond acceptors (Lipinski definition) is 2. The molecule has 0 aliphatic heterocycles. The van der Waals surface area contributed by atoms with Crippen LogP contribution in [0, 0.1) is 0 Å². The summed E-state index contributed by atoms with van der Waals surface area (Å²) >= 11 is 0. The molecular weight excluding hydrogens is 128 g/mol. The van der Waals surface area contributed by atoms with Gasteiger partial charge in [0.1, 0.15) is 6.61 Å². The first kappa shape index (κ1) is 7.06. The Balaban J connectivity index is 2.26. The van der Waals surface area contributed by atoms with E-state index < -0.39 is 0 Å². The average molecular weight is 138 g/mol. The van der Waals surface area contributed by atoms with Gasteiger partial charge in [0.05, 0.1) is 0 Å². The van der Waals surface area contributed by atoms with Crippen LogP contribution in [-0.4, -0.2) is 12.6 Å². The molecule has 0 aromatic carbocycles. The van der Waals surface area contributed by atoms with E-state index >= 15 is 0 Å². The van der Waals surface area contributed by atoms with E-state index in [4.69, 9.17) is 4.74 Å². The molecule has 0 saturated carbocycles. The quantitative estimate of drug-likeness (QED) is 0.539. The molecule has 0 unspecified atom stereocenters. The van der Waals surface area contributed by atoms with E-state index in [0.717, 1.165) is 12.0 Å². The summed E-state index contributed by atoms with van der Waals surface area (Å²) in [6.07, 6.45) is 7.03. The van der Waals surface area contributed by atoms with E-state index in [0.29, 0.717) is 6.61 Å². The summed E-state index contributed by atoms with van der Waals surface area (Å²) in [6, 6.07) is 0. The van der Waals surface area contributed by atoms with Crippen molar-refractivity contribution < 1.29 is 9.53 Å². The van der Waals surface area contributed by atoms with Gasteiger partial charge in [-0.25, -0.2) is 0 Å². The minimum Gasteiger partial charge on any atom is -0.461 e. The van der Waals surface area contributed by atoms with Gasteiger partial charge >= 0.3 is 5.97 Å². The number of carbonyl (C=O) groups excluding carboxylic acids is 1. The van der Waals surface area contributed by atoms with Crippen molar-refractivity contribution in [3.63, 3.8) is 0 Å². The highest BCUT2D eigenvalue weighted by Gasteiger charge is 1.98. The summed E-state index contributed by atoms with van der Waals surface area (Å²) < 4.78 is 4.77. The maximum atomic E-state index is 10.3. The zero-order valence-electron chi connectivity index (χ0n) is 5.96. The highest BCUT2D eigenvalue weighted by Crippen LogP contribution is 2.08. The molecular formula is C8H10O2. The fraction of sp³-hybridized carbons (Fsp3) is 0.375. The minimum absolute atomic E-state index is 0.221. The van der Waals surface area contributed by atoms with Gasteiger partial charge in [-0.05, 0) is 12.0 Å². The third-order valence-electron chi connectivity index (χ3n) is 1.29. The van der Waals surface area contributed by atoms with Gasteiger partial charge in [-0.2, -0.15) is 0 Å². The molecule has 0 spiro atoms. The number of carbonyl (C=O) groups is 1. The van der Waals surface area contributed by atoms with Crippen LogP contribution >= 0.6 is 0 Å². The molecule has 0 bridgehead atoms. The number of rotatable bonds is 2. The molecule has 0 N–H and O–H groups in total. The molecule has 10 heavy (non-hydrogen) atoms. The van der Waals surface area contributed by atoms with Crippen LogP contribution in [0.4, 0.5) is 0 Å². The lowest BCUT2D eigenvalue weighted by molar-refractivity contribution is -0.139. The summed E-state index contributed by atoms with van der Waals surface area (Å²) in [5.41, 5.74) is 1.09. The molecule has 0 aromatic rings. The van der Waals surface area contributed by atoms with Crippen molar-refractivity contribution in [3.05, 3.63) is 23.8 Å². The van der Waals surface area contributed by atoms with Crippen LogP contribution in [0.2, 0.25) is 0 Å². The molecule has 2 nitrogen and oxygen atoms in total. The van der Waals surface area contributed by atoms with E-state index in [1.54, 1.807) is 0 Å². The van der Waals surface area contributed by atoms with Gasteiger partial charge in [0.15, 0.2) is 0 Å². The Morgan fingerprint density at radius 2 is 2.60 bits per heavy atom. The van der Waals surface area contributed by atoms with Crippen LogP contribution in [-0.2, 0) is 9.53 Å². The van der Waals surface area contributed by atoms with E-state index in [1.165, 1.54) is 6.92 Å². The summed E-state index contributed by atoms with van der Waals surface area (Å²) in [6.45, 7) is 1.84. The minimum atomic E-state index is -0.221. The molecule has 0 atom stereocenters. The zero-order chi connectivity index (χ0) is 7.40. The van der Waals surface area contributed by atoms with Crippen LogP contribution < -0.4 is 0 Å². The molecule has 0 fully saturated rings. The molecule has 0 heterocycles. The maximum Gasteiger partial charge on any atom is 0.302 e. The van der Waals surface area contributed by atoms with Crippen molar-refractivity contribution in [2.24, 2.45) is 0 Å². The first-order valence-corrected chi connectivity index (χ1v) is 3.28. The molecule has 0 aromatic heterocycles. The second-order valence-corrected chi connectivity index (χ2v) is 2.20. The Morgan fingerprint density at radius 3 is 3.10 bits per heavy atom. The molecule has 1 aliphatic rings. The van der Waals surface area contributed by atoms with Crippen LogP contribution in [0.5, 0.6) is 0 Å². The normalized spacial score (nSPS) is 15.1. The second-order valence-electron chi connectivity index (χ2n) is 2.20. The Labute approximate surface area is 60.2 Å². The van der Waals surface area contributed by atoms with Crippen molar-refractivity contribution in [1.29, 1.82) is 0 Å². The van der Waals surface area contributed by atoms with Crippen molar-refractivity contribution >= 4 is 5.97 Å². The van der Waals surface area contributed by atoms with Crippen molar-refractivity contribution in [3.8, 4) is 0 Å². The third-order valence-corrected chi connectivity index (χ3v) is 1.29. The van der Waals surface area contributed by atoms with Crippen LogP contribution in [0.3, 0.4) is 0 Å². The lowest BCUT2D eigenvalue weighted by Crippen LogP contribution is -2.00. The fourth-order valence-corrected chi connectivity index (χ4v) is 0.799. The van der Waals surface area contributed by atoms with E-state index in [2.05, 4.69) is 0 Å². The Morgan fingerprint density at radius 1 is 1.80 bits per heavy atom. The van der Waals surface area contributed by atoms with Gasteiger partial charge in [0, 0.05) is 6.92 Å². The fourth-order valence-electron chi connectivity index (χ4n) is 0.799. The van der Waals surface area contributed by atoms with Crippen LogP contribution in [0.25, 0.3) is 0 Å². The first-order valence-electron chi connectivity index (χ1n) is 3.28. The highest BCUT2D eigenvalue weighted by atomic mass is 16.5. The molecule has 2 heteroatoms. The smallest absolute Gasteiger partial charge is 0.302 e. The Hall–Kier alpha value is -1.05. The molecule has 0 saturated heterocycles. The van der Waals surface area contributed by atoms with Crippen molar-refractivity contribution in [2.75, 3.05) is 6.61 Å². The Bertz CT molecular complexity index is 189. The topological polar surface area (TPSA) is 26.3 Å². The van der Waals surface area contributed by atoms with Gasteiger partial charge < -0.3 is 4.74 Å². The summed E-state index contributed by atoms with van der Waals surface area (Å²) in [5, 5.41) is 0. The number of ether oxygens (including phenoxy) is 1. The summed E-state index contributed by atoms with van der Waals surface area (Å²) in [4.78, 5) is 10.3. The van der Waals surface area contributed by atoms with E-state index in [-0.39, 0.29) is 5.97 Å². The second kappa shape index (κ2) is 3.20. The third kappa shape index (κ3) is 2.05. The maximum absolute atomic E-state index is 10.3. The predicted octanol–water partition coefficient (Wildman–Crippen LogP) is 1.44. The molecule has 1 aliphatic carbocycles. The number of hydrogen-bond donors (Lipinski definition) is 0. The van der Waals surface area contributed by atoms with Crippen LogP contribution in [0.15, 0.2) is 23.8 Å². The van der Waals surface area contributed by atoms with Gasteiger partial charge in [0.2, 0.25) is 0 Å².